The largest absolute Gasteiger partial charge is 0.444 e. The van der Waals surface area contributed by atoms with Crippen LogP contribution < -0.4 is 5.32 Å². The first kappa shape index (κ1) is 25.8. The summed E-state index contributed by atoms with van der Waals surface area (Å²) in [6, 6.07) is 15.9. The highest BCUT2D eigenvalue weighted by Gasteiger charge is 2.55. The van der Waals surface area contributed by atoms with E-state index in [1.807, 2.05) is 68.8 Å². The van der Waals surface area contributed by atoms with Gasteiger partial charge in [-0.05, 0) is 70.4 Å². The minimum absolute atomic E-state index is 0.119. The van der Waals surface area contributed by atoms with Gasteiger partial charge in [0.15, 0.2) is 0 Å². The average molecular weight is 521 g/mol. The lowest BCUT2D eigenvalue weighted by Gasteiger charge is -2.58. The van der Waals surface area contributed by atoms with Crippen molar-refractivity contribution in [3.63, 3.8) is 0 Å². The minimum atomic E-state index is -0.652. The Balaban J connectivity index is 1.16. The van der Waals surface area contributed by atoms with Crippen LogP contribution in [-0.4, -0.2) is 45.6 Å². The van der Waals surface area contributed by atoms with E-state index in [2.05, 4.69) is 5.32 Å². The second-order valence-corrected chi connectivity index (χ2v) is 11.4. The van der Waals surface area contributed by atoms with Crippen LogP contribution in [0.25, 0.3) is 11.3 Å². The van der Waals surface area contributed by atoms with Gasteiger partial charge in [0.25, 0.3) is 0 Å². The maximum absolute atomic E-state index is 15.0. The van der Waals surface area contributed by atoms with Gasteiger partial charge in [0, 0.05) is 35.4 Å². The third-order valence-electron chi connectivity index (χ3n) is 7.01. The number of nitrogens with one attached hydrogen (secondary N) is 1. The number of benzene rings is 2. The fourth-order valence-corrected chi connectivity index (χ4v) is 5.26. The fraction of sp³-hybridized carbons (Fsp3) is 0.414. The van der Waals surface area contributed by atoms with Gasteiger partial charge >= 0.3 is 12.2 Å². The van der Waals surface area contributed by atoms with Crippen molar-refractivity contribution in [2.75, 3.05) is 18.4 Å². The van der Waals surface area contributed by atoms with Crippen LogP contribution in [0.5, 0.6) is 0 Å². The molecule has 2 fully saturated rings. The van der Waals surface area contributed by atoms with Crippen LogP contribution in [0.2, 0.25) is 0 Å². The van der Waals surface area contributed by atoms with Crippen molar-refractivity contribution < 1.29 is 23.5 Å². The summed E-state index contributed by atoms with van der Waals surface area (Å²) < 4.78 is 27.6. The molecule has 9 heteroatoms. The third-order valence-corrected chi connectivity index (χ3v) is 7.01. The van der Waals surface area contributed by atoms with Crippen LogP contribution >= 0.6 is 0 Å². The highest BCUT2D eigenvalue weighted by Crippen LogP contribution is 2.54. The number of nitrogens with zero attached hydrogens (tertiary/aromatic N) is 3. The first-order valence-electron chi connectivity index (χ1n) is 12.8. The van der Waals surface area contributed by atoms with Gasteiger partial charge in [-0.25, -0.2) is 14.0 Å². The van der Waals surface area contributed by atoms with Crippen LogP contribution in [0, 0.1) is 18.2 Å². The zero-order chi connectivity index (χ0) is 27.1. The maximum atomic E-state index is 15.0. The molecule has 38 heavy (non-hydrogen) atoms. The summed E-state index contributed by atoms with van der Waals surface area (Å²) in [5.41, 5.74) is 2.65. The molecule has 2 heterocycles. The van der Waals surface area contributed by atoms with Crippen molar-refractivity contribution in [3.8, 4) is 11.3 Å². The normalized spacial score (nSPS) is 16.5. The molecule has 2 amide bonds. The van der Waals surface area contributed by atoms with Gasteiger partial charge in [-0.1, -0.05) is 30.3 Å². The van der Waals surface area contributed by atoms with E-state index >= 15 is 4.39 Å². The number of carbonyl (C=O) groups excluding carboxylic acids is 2. The number of hydrogen-bond donors (Lipinski definition) is 1. The van der Waals surface area contributed by atoms with E-state index in [9.17, 15) is 9.59 Å². The molecular weight excluding hydrogens is 487 g/mol. The lowest BCUT2D eigenvalue weighted by molar-refractivity contribution is -0.0930. The first-order valence-corrected chi connectivity index (χ1v) is 12.8. The van der Waals surface area contributed by atoms with E-state index in [0.29, 0.717) is 30.0 Å². The second-order valence-electron chi connectivity index (χ2n) is 11.4. The van der Waals surface area contributed by atoms with Gasteiger partial charge in [0.05, 0.1) is 11.7 Å². The molecule has 2 aliphatic rings. The molecule has 1 aliphatic carbocycles. The number of halogens is 1. The van der Waals surface area contributed by atoms with Crippen LogP contribution in [0.15, 0.2) is 54.6 Å². The summed E-state index contributed by atoms with van der Waals surface area (Å²) in [6.07, 6.45) is 0.929. The van der Waals surface area contributed by atoms with Crippen LogP contribution in [0.3, 0.4) is 0 Å². The molecule has 3 aromatic rings. The molecule has 0 unspecified atom stereocenters. The lowest BCUT2D eigenvalue weighted by Crippen LogP contribution is -2.64. The van der Waals surface area contributed by atoms with Crippen LogP contribution in [-0.2, 0) is 16.1 Å². The molecule has 1 spiro atoms. The molecular formula is C29H33FN4O4. The zero-order valence-electron chi connectivity index (χ0n) is 22.2. The fourth-order valence-electron chi connectivity index (χ4n) is 5.26. The maximum Gasteiger partial charge on any atom is 0.411 e. The molecule has 0 radical (unpaired) electrons. The molecule has 0 bridgehead atoms. The highest BCUT2D eigenvalue weighted by molar-refractivity contribution is 5.85. The number of amides is 2. The van der Waals surface area contributed by atoms with Gasteiger partial charge in [0.2, 0.25) is 0 Å². The van der Waals surface area contributed by atoms with Crippen molar-refractivity contribution in [1.82, 2.24) is 14.7 Å². The summed E-state index contributed by atoms with van der Waals surface area (Å²) in [6.45, 7) is 9.09. The zero-order valence-corrected chi connectivity index (χ0v) is 22.2. The molecule has 8 nitrogen and oxygen atoms in total. The van der Waals surface area contributed by atoms with E-state index in [-0.39, 0.29) is 24.2 Å². The standard InChI is InChI=1S/C29H33FN4O4/c1-19-12-25(32-34(19)22-14-29(15-22)17-33(18-29)27(36)38-28(2,3)4)23-11-10-21(13-24(23)30)31-26(35)37-16-20-8-6-5-7-9-20/h5-13,22H,14-18H2,1-4H3,(H,31,35). The summed E-state index contributed by atoms with van der Waals surface area (Å²) in [5, 5.41) is 7.27. The van der Waals surface area contributed by atoms with Crippen LogP contribution in [0.1, 0.15) is 50.9 Å². The Bertz CT molecular complexity index is 1330. The predicted octanol–water partition coefficient (Wildman–Crippen LogP) is 6.32. The summed E-state index contributed by atoms with van der Waals surface area (Å²) >= 11 is 0. The van der Waals surface area contributed by atoms with Crippen molar-refractivity contribution in [2.45, 2.75) is 58.8 Å². The van der Waals surface area contributed by atoms with Gasteiger partial charge in [-0.3, -0.25) is 10.00 Å². The van der Waals surface area contributed by atoms with Gasteiger partial charge in [-0.15, -0.1) is 0 Å². The topological polar surface area (TPSA) is 85.7 Å². The third kappa shape index (κ3) is 5.51. The first-order chi connectivity index (χ1) is 18.0. The van der Waals surface area contributed by atoms with Gasteiger partial charge in [0.1, 0.15) is 18.0 Å². The summed E-state index contributed by atoms with van der Waals surface area (Å²) in [5.74, 6) is -0.479. The van der Waals surface area contributed by atoms with E-state index in [1.54, 1.807) is 17.0 Å². The van der Waals surface area contributed by atoms with Crippen molar-refractivity contribution in [1.29, 1.82) is 0 Å². The average Bonchev–Trinajstić information content (AvgIpc) is 3.16. The molecule has 1 N–H and O–H groups in total. The SMILES string of the molecule is Cc1cc(-c2ccc(NC(=O)OCc3ccccc3)cc2F)nn1C1CC2(C1)CN(C(=O)OC(C)(C)C)C2. The molecule has 1 saturated carbocycles. The molecule has 5 rings (SSSR count). The van der Waals surface area contributed by atoms with Crippen molar-refractivity contribution in [2.24, 2.45) is 5.41 Å². The number of aryl methyl sites for hydroxylation is 1. The van der Waals surface area contributed by atoms with E-state index in [1.165, 1.54) is 6.07 Å². The number of hydrogen-bond acceptors (Lipinski definition) is 5. The minimum Gasteiger partial charge on any atom is -0.444 e. The van der Waals surface area contributed by atoms with Crippen molar-refractivity contribution >= 4 is 17.9 Å². The Hall–Kier alpha value is -3.88. The van der Waals surface area contributed by atoms with Gasteiger partial charge < -0.3 is 14.4 Å². The molecule has 0 atom stereocenters. The molecule has 1 aliphatic heterocycles. The molecule has 2 aromatic carbocycles. The monoisotopic (exact) mass is 520 g/mol. The Kier molecular flexibility index (Phi) is 6.63. The molecule has 200 valence electrons. The van der Waals surface area contributed by atoms with Crippen molar-refractivity contribution in [3.05, 3.63) is 71.7 Å². The highest BCUT2D eigenvalue weighted by atomic mass is 19.1. The van der Waals surface area contributed by atoms with E-state index in [4.69, 9.17) is 14.6 Å². The molecule has 1 aromatic heterocycles. The Morgan fingerprint density at radius 1 is 1.11 bits per heavy atom. The smallest absolute Gasteiger partial charge is 0.411 e. The second kappa shape index (κ2) is 9.78. The number of carbonyl (C=O) groups is 2. The Labute approximate surface area is 221 Å². The summed E-state index contributed by atoms with van der Waals surface area (Å²) in [7, 11) is 0. The Morgan fingerprint density at radius 3 is 2.47 bits per heavy atom. The number of likely N-dealkylation sites (tertiary alicyclic amines) is 1. The van der Waals surface area contributed by atoms with Gasteiger partial charge in [-0.2, -0.15) is 5.10 Å². The number of ether oxygens (including phenoxy) is 2. The predicted molar refractivity (Wildman–Crippen MR) is 141 cm³/mol. The summed E-state index contributed by atoms with van der Waals surface area (Å²) in [4.78, 5) is 26.1. The lowest BCUT2D eigenvalue weighted by atomic mass is 9.61. The Morgan fingerprint density at radius 2 is 1.82 bits per heavy atom. The number of anilines is 1. The van der Waals surface area contributed by atoms with E-state index < -0.39 is 17.5 Å². The molecule has 1 saturated heterocycles. The van der Waals surface area contributed by atoms with Crippen LogP contribution in [0.4, 0.5) is 19.7 Å². The number of aromatic nitrogens is 2. The quantitative estimate of drug-likeness (QED) is 0.426. The van der Waals surface area contributed by atoms with E-state index in [0.717, 1.165) is 24.1 Å². The number of rotatable bonds is 5.